The molecule has 2 rings (SSSR count). The molecule has 1 aromatic heterocycles. The molecular formula is C11H16BrN5. The Bertz CT molecular complexity index is 455. The van der Waals surface area contributed by atoms with E-state index in [-0.39, 0.29) is 11.4 Å². The van der Waals surface area contributed by atoms with Crippen molar-refractivity contribution in [2.45, 2.75) is 26.2 Å². The minimum Gasteiger partial charge on any atom is -0.368 e. The molecule has 1 fully saturated rings. The van der Waals surface area contributed by atoms with Gasteiger partial charge in [0.05, 0.1) is 0 Å². The van der Waals surface area contributed by atoms with Crippen molar-refractivity contribution >= 4 is 27.8 Å². The Hall–Kier alpha value is -1.17. The lowest BCUT2D eigenvalue weighted by atomic mass is 9.96. The van der Waals surface area contributed by atoms with Crippen LogP contribution in [0.4, 0.5) is 11.9 Å². The van der Waals surface area contributed by atoms with Crippen LogP contribution in [-0.4, -0.2) is 28.0 Å². The van der Waals surface area contributed by atoms with Gasteiger partial charge in [0.15, 0.2) is 0 Å². The second-order valence-corrected chi connectivity index (χ2v) is 5.65. The SMILES string of the molecule is CC(C)(C)c1nc(N)nc(N2CC(=CBr)C2)n1. The van der Waals surface area contributed by atoms with Gasteiger partial charge in [-0.25, -0.2) is 0 Å². The van der Waals surface area contributed by atoms with Crippen molar-refractivity contribution in [2.24, 2.45) is 0 Å². The van der Waals surface area contributed by atoms with Gasteiger partial charge in [-0.1, -0.05) is 36.7 Å². The first kappa shape index (κ1) is 12.3. The van der Waals surface area contributed by atoms with Gasteiger partial charge in [0.2, 0.25) is 11.9 Å². The molecule has 1 aliphatic rings. The highest BCUT2D eigenvalue weighted by molar-refractivity contribution is 9.11. The predicted molar refractivity (Wildman–Crippen MR) is 72.2 cm³/mol. The number of anilines is 2. The van der Waals surface area contributed by atoms with E-state index in [1.54, 1.807) is 0 Å². The van der Waals surface area contributed by atoms with E-state index in [1.807, 2.05) is 4.99 Å². The van der Waals surface area contributed by atoms with Crippen molar-refractivity contribution in [1.82, 2.24) is 15.0 Å². The average molecular weight is 298 g/mol. The van der Waals surface area contributed by atoms with Crippen LogP contribution >= 0.6 is 15.9 Å². The number of hydrogen-bond acceptors (Lipinski definition) is 5. The van der Waals surface area contributed by atoms with Gasteiger partial charge in [-0.05, 0) is 10.6 Å². The molecule has 0 atom stereocenters. The molecular weight excluding hydrogens is 282 g/mol. The summed E-state index contributed by atoms with van der Waals surface area (Å²) in [6, 6.07) is 0. The lowest BCUT2D eigenvalue weighted by Crippen LogP contribution is -2.41. The van der Waals surface area contributed by atoms with E-state index >= 15 is 0 Å². The van der Waals surface area contributed by atoms with E-state index in [4.69, 9.17) is 5.73 Å². The minimum atomic E-state index is -0.120. The van der Waals surface area contributed by atoms with Crippen molar-refractivity contribution in [2.75, 3.05) is 23.7 Å². The second kappa shape index (κ2) is 4.25. The maximum absolute atomic E-state index is 5.73. The standard InChI is InChI=1S/C11H16BrN5/c1-11(2,3)8-14-9(13)16-10(15-8)17-5-7(4-12)6-17/h4H,5-6H2,1-3H3,(H2,13,14,15,16). The highest BCUT2D eigenvalue weighted by atomic mass is 79.9. The Morgan fingerprint density at radius 1 is 1.24 bits per heavy atom. The average Bonchev–Trinajstić information content (AvgIpc) is 2.13. The van der Waals surface area contributed by atoms with Crippen molar-refractivity contribution in [3.8, 4) is 0 Å². The third-order valence-corrected chi connectivity index (χ3v) is 3.18. The molecule has 17 heavy (non-hydrogen) atoms. The summed E-state index contributed by atoms with van der Waals surface area (Å²) in [5.74, 6) is 1.69. The molecule has 2 N–H and O–H groups in total. The van der Waals surface area contributed by atoms with Crippen molar-refractivity contribution in [3.63, 3.8) is 0 Å². The van der Waals surface area contributed by atoms with Gasteiger partial charge >= 0.3 is 0 Å². The zero-order chi connectivity index (χ0) is 12.6. The molecule has 6 heteroatoms. The summed E-state index contributed by atoms with van der Waals surface area (Å²) < 4.78 is 0. The molecule has 1 saturated heterocycles. The number of aromatic nitrogens is 3. The molecule has 0 bridgehead atoms. The molecule has 92 valence electrons. The molecule has 0 aliphatic carbocycles. The van der Waals surface area contributed by atoms with Crippen molar-refractivity contribution in [3.05, 3.63) is 16.4 Å². The zero-order valence-corrected chi connectivity index (χ0v) is 11.8. The largest absolute Gasteiger partial charge is 0.368 e. The Labute approximate surface area is 109 Å². The first-order chi connectivity index (χ1) is 7.90. The molecule has 0 spiro atoms. The summed E-state index contributed by atoms with van der Waals surface area (Å²) in [5, 5.41) is 0. The molecule has 1 aliphatic heterocycles. The first-order valence-electron chi connectivity index (χ1n) is 5.45. The number of rotatable bonds is 1. The summed E-state index contributed by atoms with van der Waals surface area (Å²) >= 11 is 3.32. The molecule has 0 aromatic carbocycles. The van der Waals surface area contributed by atoms with E-state index in [1.165, 1.54) is 5.57 Å². The van der Waals surface area contributed by atoms with Crippen molar-refractivity contribution in [1.29, 1.82) is 0 Å². The molecule has 0 unspecified atom stereocenters. The van der Waals surface area contributed by atoms with Crippen LogP contribution in [0.2, 0.25) is 0 Å². The van der Waals surface area contributed by atoms with Crippen LogP contribution in [0.1, 0.15) is 26.6 Å². The van der Waals surface area contributed by atoms with Crippen LogP contribution in [0.5, 0.6) is 0 Å². The number of nitrogen functional groups attached to an aromatic ring is 1. The van der Waals surface area contributed by atoms with Crippen LogP contribution in [0, 0.1) is 0 Å². The van der Waals surface area contributed by atoms with Gasteiger partial charge in [-0.2, -0.15) is 15.0 Å². The smallest absolute Gasteiger partial charge is 0.231 e. The predicted octanol–water partition coefficient (Wildman–Crippen LogP) is 1.85. The fourth-order valence-electron chi connectivity index (χ4n) is 1.51. The maximum Gasteiger partial charge on any atom is 0.231 e. The summed E-state index contributed by atoms with van der Waals surface area (Å²) in [5.41, 5.74) is 6.93. The van der Waals surface area contributed by atoms with Crippen LogP contribution in [0.15, 0.2) is 10.6 Å². The van der Waals surface area contributed by atoms with Gasteiger partial charge in [0.25, 0.3) is 0 Å². The highest BCUT2D eigenvalue weighted by Gasteiger charge is 2.26. The Balaban J connectivity index is 2.27. The molecule has 1 aromatic rings. The molecule has 2 heterocycles. The van der Waals surface area contributed by atoms with Crippen LogP contribution in [0.3, 0.4) is 0 Å². The van der Waals surface area contributed by atoms with Gasteiger partial charge in [-0.3, -0.25) is 0 Å². The first-order valence-corrected chi connectivity index (χ1v) is 6.37. The fraction of sp³-hybridized carbons (Fsp3) is 0.545. The number of nitrogens with zero attached hydrogens (tertiary/aromatic N) is 4. The van der Waals surface area contributed by atoms with E-state index in [0.717, 1.165) is 18.9 Å². The highest BCUT2D eigenvalue weighted by Crippen LogP contribution is 2.25. The summed E-state index contributed by atoms with van der Waals surface area (Å²) in [6.07, 6.45) is 0. The van der Waals surface area contributed by atoms with Crippen LogP contribution in [0.25, 0.3) is 0 Å². The summed E-state index contributed by atoms with van der Waals surface area (Å²) in [7, 11) is 0. The molecule has 0 saturated carbocycles. The van der Waals surface area contributed by atoms with E-state index in [2.05, 4.69) is 56.6 Å². The lowest BCUT2D eigenvalue weighted by Gasteiger charge is -2.34. The number of hydrogen-bond donors (Lipinski definition) is 1. The van der Waals surface area contributed by atoms with Gasteiger partial charge in [0.1, 0.15) is 5.82 Å². The Morgan fingerprint density at radius 3 is 2.41 bits per heavy atom. The molecule has 0 amide bonds. The number of nitrogens with two attached hydrogens (primary N) is 1. The van der Waals surface area contributed by atoms with Gasteiger partial charge in [0, 0.05) is 18.5 Å². The van der Waals surface area contributed by atoms with Gasteiger partial charge < -0.3 is 10.6 Å². The fourth-order valence-corrected chi connectivity index (χ4v) is 1.80. The summed E-state index contributed by atoms with van der Waals surface area (Å²) in [4.78, 5) is 16.9. The van der Waals surface area contributed by atoms with E-state index < -0.39 is 0 Å². The zero-order valence-electron chi connectivity index (χ0n) is 10.2. The van der Waals surface area contributed by atoms with Crippen LogP contribution in [-0.2, 0) is 5.41 Å². The van der Waals surface area contributed by atoms with E-state index in [9.17, 15) is 0 Å². The number of halogens is 1. The van der Waals surface area contributed by atoms with Crippen LogP contribution < -0.4 is 10.6 Å². The third-order valence-electron chi connectivity index (χ3n) is 2.54. The lowest BCUT2D eigenvalue weighted by molar-refractivity contribution is 0.540. The third kappa shape index (κ3) is 2.57. The Kier molecular flexibility index (Phi) is 3.07. The minimum absolute atomic E-state index is 0.120. The quantitative estimate of drug-likeness (QED) is 0.857. The van der Waals surface area contributed by atoms with E-state index in [0.29, 0.717) is 5.95 Å². The normalized spacial score (nSPS) is 15.8. The van der Waals surface area contributed by atoms with Gasteiger partial charge in [-0.15, -0.1) is 0 Å². The molecule has 5 nitrogen and oxygen atoms in total. The topological polar surface area (TPSA) is 67.9 Å². The van der Waals surface area contributed by atoms with Crippen molar-refractivity contribution < 1.29 is 0 Å². The second-order valence-electron chi connectivity index (χ2n) is 5.19. The molecule has 0 radical (unpaired) electrons. The summed E-state index contributed by atoms with van der Waals surface area (Å²) in [6.45, 7) is 7.87. The monoisotopic (exact) mass is 297 g/mol. The Morgan fingerprint density at radius 2 is 1.88 bits per heavy atom. The maximum atomic E-state index is 5.73.